The molecule has 1 N–H and O–H groups in total. The maximum absolute atomic E-state index is 13.0. The molecule has 0 spiro atoms. The number of aromatic nitrogens is 2. The molecule has 1 saturated heterocycles. The van der Waals surface area contributed by atoms with Crippen LogP contribution in [0.15, 0.2) is 59.5 Å². The van der Waals surface area contributed by atoms with Crippen molar-refractivity contribution >= 4 is 28.4 Å². The Balaban J connectivity index is 1.53. The zero-order chi connectivity index (χ0) is 19.5. The molecular weight excluding hydrogens is 376 g/mol. The zero-order valence-corrected chi connectivity index (χ0v) is 16.1. The van der Waals surface area contributed by atoms with Gasteiger partial charge < -0.3 is 10.2 Å². The molecular formula is C21H21ClN4O2. The molecule has 6 nitrogen and oxygen atoms in total. The maximum Gasteiger partial charge on any atom is 0.225 e. The summed E-state index contributed by atoms with van der Waals surface area (Å²) in [6.07, 6.45) is 1.63. The summed E-state index contributed by atoms with van der Waals surface area (Å²) in [5.41, 5.74) is 1.66. The lowest BCUT2D eigenvalue weighted by atomic mass is 10.0. The summed E-state index contributed by atoms with van der Waals surface area (Å²) in [7, 11) is 0. The van der Waals surface area contributed by atoms with E-state index in [9.17, 15) is 9.59 Å². The van der Waals surface area contributed by atoms with Gasteiger partial charge in [0, 0.05) is 36.5 Å². The van der Waals surface area contributed by atoms with Gasteiger partial charge >= 0.3 is 0 Å². The van der Waals surface area contributed by atoms with Crippen molar-refractivity contribution in [1.29, 1.82) is 0 Å². The average molecular weight is 397 g/mol. The average Bonchev–Trinajstić information content (AvgIpc) is 2.73. The van der Waals surface area contributed by atoms with Crippen molar-refractivity contribution in [3.63, 3.8) is 0 Å². The lowest BCUT2D eigenvalue weighted by Crippen LogP contribution is -2.48. The fourth-order valence-corrected chi connectivity index (χ4v) is 3.90. The highest BCUT2D eigenvalue weighted by atomic mass is 35.5. The molecule has 4 rings (SSSR count). The quantitative estimate of drug-likeness (QED) is 0.736. The largest absolute Gasteiger partial charge is 0.333 e. The highest BCUT2D eigenvalue weighted by molar-refractivity contribution is 6.30. The van der Waals surface area contributed by atoms with E-state index in [-0.39, 0.29) is 17.4 Å². The fourth-order valence-electron chi connectivity index (χ4n) is 3.70. The maximum atomic E-state index is 13.0. The van der Waals surface area contributed by atoms with Crippen LogP contribution in [0.5, 0.6) is 0 Å². The van der Waals surface area contributed by atoms with E-state index < -0.39 is 0 Å². The Morgan fingerprint density at radius 3 is 2.93 bits per heavy atom. The number of fused-ring (bicyclic) bond motifs is 1. The first-order valence-electron chi connectivity index (χ1n) is 9.34. The second kappa shape index (κ2) is 8.12. The van der Waals surface area contributed by atoms with Gasteiger partial charge in [0.05, 0.1) is 24.3 Å². The molecule has 0 aliphatic carbocycles. The molecule has 1 aliphatic heterocycles. The summed E-state index contributed by atoms with van der Waals surface area (Å²) in [6, 6.07) is 14.9. The van der Waals surface area contributed by atoms with Gasteiger partial charge in [-0.15, -0.1) is 0 Å². The lowest BCUT2D eigenvalue weighted by molar-refractivity contribution is -0.134. The summed E-state index contributed by atoms with van der Waals surface area (Å²) in [4.78, 5) is 26.9. The fraction of sp³-hybridized carbons (Fsp3) is 0.286. The van der Waals surface area contributed by atoms with E-state index in [0.29, 0.717) is 36.5 Å². The highest BCUT2D eigenvalue weighted by Crippen LogP contribution is 2.25. The third-order valence-corrected chi connectivity index (χ3v) is 5.33. The van der Waals surface area contributed by atoms with Gasteiger partial charge in [-0.2, -0.15) is 5.10 Å². The number of hydrogen-bond acceptors (Lipinski definition) is 4. The Hall–Kier alpha value is -2.70. The number of piperazine rings is 1. The normalized spacial score (nSPS) is 17.0. The van der Waals surface area contributed by atoms with E-state index in [2.05, 4.69) is 10.4 Å². The molecule has 1 aliphatic rings. The topological polar surface area (TPSA) is 67.2 Å². The van der Waals surface area contributed by atoms with Crippen LogP contribution in [0.2, 0.25) is 5.02 Å². The minimum atomic E-state index is -0.110. The number of rotatable bonds is 4. The van der Waals surface area contributed by atoms with E-state index in [4.69, 9.17) is 11.6 Å². The summed E-state index contributed by atoms with van der Waals surface area (Å²) < 4.78 is 1.73. The van der Waals surface area contributed by atoms with Crippen LogP contribution >= 0.6 is 11.6 Å². The summed E-state index contributed by atoms with van der Waals surface area (Å²) in [5.74, 6) is 0.0658. The predicted molar refractivity (Wildman–Crippen MR) is 109 cm³/mol. The Labute approximate surface area is 167 Å². The predicted octanol–water partition coefficient (Wildman–Crippen LogP) is 2.61. The SMILES string of the molecule is O=C(CCn1ncc(=O)c2ccccc21)N1CCNCC1c1cccc(Cl)c1. The molecule has 1 fully saturated rings. The number of halogens is 1. The number of hydrogen-bond donors (Lipinski definition) is 1. The molecule has 0 radical (unpaired) electrons. The molecule has 1 unspecified atom stereocenters. The minimum Gasteiger partial charge on any atom is -0.333 e. The molecule has 7 heteroatoms. The van der Waals surface area contributed by atoms with Gasteiger partial charge in [0.15, 0.2) is 0 Å². The van der Waals surface area contributed by atoms with Crippen LogP contribution in [0.4, 0.5) is 0 Å². The van der Waals surface area contributed by atoms with Gasteiger partial charge in [0.1, 0.15) is 0 Å². The molecule has 2 heterocycles. The Morgan fingerprint density at radius 2 is 2.07 bits per heavy atom. The smallest absolute Gasteiger partial charge is 0.225 e. The minimum absolute atomic E-state index is 0.0429. The zero-order valence-electron chi connectivity index (χ0n) is 15.3. The molecule has 1 atom stereocenters. The highest BCUT2D eigenvalue weighted by Gasteiger charge is 2.27. The number of nitrogens with one attached hydrogen (secondary N) is 1. The summed E-state index contributed by atoms with van der Waals surface area (Å²) in [6.45, 7) is 2.54. The van der Waals surface area contributed by atoms with Crippen molar-refractivity contribution in [2.75, 3.05) is 19.6 Å². The molecule has 28 heavy (non-hydrogen) atoms. The van der Waals surface area contributed by atoms with E-state index in [1.165, 1.54) is 6.20 Å². The number of nitrogens with zero attached hydrogens (tertiary/aromatic N) is 3. The number of aryl methyl sites for hydroxylation is 1. The van der Waals surface area contributed by atoms with E-state index in [1.807, 2.05) is 47.4 Å². The van der Waals surface area contributed by atoms with Gasteiger partial charge in [-0.3, -0.25) is 14.3 Å². The molecule has 3 aromatic rings. The van der Waals surface area contributed by atoms with Crippen molar-refractivity contribution in [3.8, 4) is 0 Å². The van der Waals surface area contributed by atoms with Gasteiger partial charge in [0.2, 0.25) is 11.3 Å². The Kier molecular flexibility index (Phi) is 5.41. The van der Waals surface area contributed by atoms with Crippen molar-refractivity contribution in [2.24, 2.45) is 0 Å². The molecule has 144 valence electrons. The first kappa shape index (κ1) is 18.7. The lowest BCUT2D eigenvalue weighted by Gasteiger charge is -2.36. The van der Waals surface area contributed by atoms with Crippen LogP contribution in [0.3, 0.4) is 0 Å². The molecule has 2 aromatic carbocycles. The van der Waals surface area contributed by atoms with Gasteiger partial charge in [-0.25, -0.2) is 0 Å². The van der Waals surface area contributed by atoms with E-state index in [1.54, 1.807) is 10.7 Å². The van der Waals surface area contributed by atoms with Crippen molar-refractivity contribution < 1.29 is 4.79 Å². The van der Waals surface area contributed by atoms with Crippen molar-refractivity contribution in [2.45, 2.75) is 19.0 Å². The molecule has 0 saturated carbocycles. The summed E-state index contributed by atoms with van der Waals surface area (Å²) in [5, 5.41) is 8.85. The van der Waals surface area contributed by atoms with Crippen molar-refractivity contribution in [3.05, 3.63) is 75.5 Å². The standard InChI is InChI=1S/C21H21ClN4O2/c22-16-5-3-4-15(12-16)19-13-23-9-11-25(19)21(28)8-10-26-18-7-2-1-6-17(18)20(27)14-24-26/h1-7,12,14,19,23H,8-11,13H2. The number of benzene rings is 2. The Bertz CT molecular complexity index is 1070. The molecule has 0 bridgehead atoms. The van der Waals surface area contributed by atoms with Crippen LogP contribution in [0.25, 0.3) is 10.9 Å². The van der Waals surface area contributed by atoms with E-state index >= 15 is 0 Å². The van der Waals surface area contributed by atoms with Gasteiger partial charge in [0.25, 0.3) is 0 Å². The van der Waals surface area contributed by atoms with Gasteiger partial charge in [-0.1, -0.05) is 35.9 Å². The second-order valence-corrected chi connectivity index (χ2v) is 7.30. The second-order valence-electron chi connectivity index (χ2n) is 6.86. The number of para-hydroxylation sites is 1. The Morgan fingerprint density at radius 1 is 1.21 bits per heavy atom. The number of carbonyl (C=O) groups is 1. The first-order chi connectivity index (χ1) is 13.6. The molecule has 1 amide bonds. The molecule has 1 aromatic heterocycles. The van der Waals surface area contributed by atoms with Crippen LogP contribution < -0.4 is 10.7 Å². The van der Waals surface area contributed by atoms with Crippen LogP contribution in [0.1, 0.15) is 18.0 Å². The first-order valence-corrected chi connectivity index (χ1v) is 9.72. The van der Waals surface area contributed by atoms with Crippen molar-refractivity contribution in [1.82, 2.24) is 20.0 Å². The monoisotopic (exact) mass is 396 g/mol. The number of carbonyl (C=O) groups excluding carboxylic acids is 1. The van der Waals surface area contributed by atoms with Crippen LogP contribution in [-0.2, 0) is 11.3 Å². The van der Waals surface area contributed by atoms with Crippen LogP contribution in [0, 0.1) is 0 Å². The van der Waals surface area contributed by atoms with E-state index in [0.717, 1.165) is 17.6 Å². The van der Waals surface area contributed by atoms with Gasteiger partial charge in [-0.05, 0) is 29.8 Å². The third-order valence-electron chi connectivity index (χ3n) is 5.10. The van der Waals surface area contributed by atoms with Crippen LogP contribution in [-0.4, -0.2) is 40.2 Å². The summed E-state index contributed by atoms with van der Waals surface area (Å²) >= 11 is 6.14. The third kappa shape index (κ3) is 3.79. The number of amides is 1.